The third kappa shape index (κ3) is 7.06. The number of ether oxygens (including phenoxy) is 2. The van der Waals surface area contributed by atoms with Crippen molar-refractivity contribution in [2.45, 2.75) is 13.8 Å². The van der Waals surface area contributed by atoms with Gasteiger partial charge in [-0.1, -0.05) is 6.07 Å². The van der Waals surface area contributed by atoms with Gasteiger partial charge in [0.15, 0.2) is 0 Å². The number of anilines is 2. The maximum Gasteiger partial charge on any atom is 0.415 e. The highest BCUT2D eigenvalue weighted by atomic mass is 16.6. The molecule has 0 atom stereocenters. The van der Waals surface area contributed by atoms with E-state index < -0.39 is 24.2 Å². The molecule has 0 aliphatic carbocycles. The first-order chi connectivity index (χ1) is 11.4. The molecular formula is C13H17N5O6. The van der Waals surface area contributed by atoms with Crippen molar-refractivity contribution in [1.29, 1.82) is 0 Å². The summed E-state index contributed by atoms with van der Waals surface area (Å²) in [7, 11) is 0. The fourth-order valence-electron chi connectivity index (χ4n) is 1.39. The second-order valence-corrected chi connectivity index (χ2v) is 4.01. The van der Waals surface area contributed by atoms with Gasteiger partial charge < -0.3 is 9.47 Å². The Labute approximate surface area is 137 Å². The lowest BCUT2D eigenvalue weighted by atomic mass is 10.4. The quantitative estimate of drug-likeness (QED) is 0.651. The zero-order valence-corrected chi connectivity index (χ0v) is 13.0. The van der Waals surface area contributed by atoms with Crippen LogP contribution in [-0.2, 0) is 9.47 Å². The van der Waals surface area contributed by atoms with Crippen LogP contribution in [0, 0.1) is 0 Å². The molecule has 0 aromatic carbocycles. The Hall–Kier alpha value is -3.37. The summed E-state index contributed by atoms with van der Waals surface area (Å²) in [6, 6.07) is 2.65. The third-order valence-electron chi connectivity index (χ3n) is 2.21. The van der Waals surface area contributed by atoms with Crippen LogP contribution < -0.4 is 21.3 Å². The highest BCUT2D eigenvalue weighted by molar-refractivity contribution is 6.00. The van der Waals surface area contributed by atoms with E-state index in [1.54, 1.807) is 13.8 Å². The molecule has 0 fully saturated rings. The summed E-state index contributed by atoms with van der Waals surface area (Å²) < 4.78 is 9.09. The van der Waals surface area contributed by atoms with Gasteiger partial charge in [-0.15, -0.1) is 0 Å². The van der Waals surface area contributed by atoms with Crippen LogP contribution in [0.1, 0.15) is 13.8 Å². The summed E-state index contributed by atoms with van der Waals surface area (Å²) >= 11 is 0. The number of carbonyl (C=O) groups excluding carboxylic acids is 4. The van der Waals surface area contributed by atoms with Crippen LogP contribution >= 0.6 is 0 Å². The summed E-state index contributed by atoms with van der Waals surface area (Å²) in [6.07, 6.45) is -1.81. The van der Waals surface area contributed by atoms with E-state index >= 15 is 0 Å². The van der Waals surface area contributed by atoms with Crippen LogP contribution in [0.15, 0.2) is 18.2 Å². The number of carbonyl (C=O) groups is 4. The van der Waals surface area contributed by atoms with Crippen LogP contribution in [-0.4, -0.2) is 42.4 Å². The van der Waals surface area contributed by atoms with Crippen LogP contribution in [0.3, 0.4) is 0 Å². The van der Waals surface area contributed by atoms with Gasteiger partial charge in [-0.2, -0.15) is 0 Å². The van der Waals surface area contributed by atoms with Crippen LogP contribution in [0.5, 0.6) is 0 Å². The van der Waals surface area contributed by atoms with E-state index in [0.29, 0.717) is 0 Å². The van der Waals surface area contributed by atoms with Crippen LogP contribution in [0.4, 0.5) is 30.8 Å². The summed E-state index contributed by atoms with van der Waals surface area (Å²) in [6.45, 7) is 3.42. The largest absolute Gasteiger partial charge is 0.450 e. The smallest absolute Gasteiger partial charge is 0.415 e. The zero-order chi connectivity index (χ0) is 17.9. The van der Waals surface area contributed by atoms with E-state index in [9.17, 15) is 19.2 Å². The topological polar surface area (TPSA) is 148 Å². The molecule has 6 amide bonds. The lowest BCUT2D eigenvalue weighted by molar-refractivity contribution is 0.152. The second kappa shape index (κ2) is 9.61. The molecule has 24 heavy (non-hydrogen) atoms. The summed E-state index contributed by atoms with van der Waals surface area (Å²) in [5.41, 5.74) is 0. The van der Waals surface area contributed by atoms with Crippen molar-refractivity contribution in [2.24, 2.45) is 0 Å². The molecule has 0 radical (unpaired) electrons. The Morgan fingerprint density at radius 1 is 0.875 bits per heavy atom. The SMILES string of the molecule is CCOC(=O)NC(=O)Nc1cccc(NC(=O)NC(=O)OCC)n1. The van der Waals surface area contributed by atoms with Gasteiger partial charge in [0.25, 0.3) is 0 Å². The Bertz CT molecular complexity index is 571. The number of aromatic nitrogens is 1. The first-order valence-corrected chi connectivity index (χ1v) is 6.91. The molecule has 1 heterocycles. The molecule has 4 N–H and O–H groups in total. The molecule has 130 valence electrons. The number of urea groups is 2. The number of nitrogens with zero attached hydrogens (tertiary/aromatic N) is 1. The first kappa shape index (κ1) is 18.7. The van der Waals surface area contributed by atoms with Crippen molar-refractivity contribution < 1.29 is 28.7 Å². The lowest BCUT2D eigenvalue weighted by Gasteiger charge is -2.09. The summed E-state index contributed by atoms with van der Waals surface area (Å²) in [4.78, 5) is 49.1. The fraction of sp³-hybridized carbons (Fsp3) is 0.308. The van der Waals surface area contributed by atoms with Crippen molar-refractivity contribution in [3.8, 4) is 0 Å². The average molecular weight is 339 g/mol. The predicted octanol–water partition coefficient (Wildman–Crippen LogP) is 1.64. The van der Waals surface area contributed by atoms with Gasteiger partial charge in [0.05, 0.1) is 13.2 Å². The number of hydrogen-bond donors (Lipinski definition) is 4. The number of hydrogen-bond acceptors (Lipinski definition) is 7. The van der Waals surface area contributed by atoms with Gasteiger partial charge in [0.2, 0.25) is 0 Å². The number of pyridine rings is 1. The molecule has 0 aliphatic rings. The highest BCUT2D eigenvalue weighted by Gasteiger charge is 2.11. The van der Waals surface area contributed by atoms with Gasteiger partial charge in [-0.25, -0.2) is 34.8 Å². The van der Waals surface area contributed by atoms with Gasteiger partial charge in [0, 0.05) is 0 Å². The number of nitrogens with one attached hydrogen (secondary N) is 4. The number of rotatable bonds is 4. The van der Waals surface area contributed by atoms with E-state index in [1.165, 1.54) is 18.2 Å². The molecular weight excluding hydrogens is 322 g/mol. The Morgan fingerprint density at radius 2 is 1.29 bits per heavy atom. The van der Waals surface area contributed by atoms with E-state index in [2.05, 4.69) is 25.1 Å². The normalized spacial score (nSPS) is 9.42. The molecule has 1 aromatic heterocycles. The van der Waals surface area contributed by atoms with Gasteiger partial charge in [0.1, 0.15) is 11.6 Å². The first-order valence-electron chi connectivity index (χ1n) is 6.91. The van der Waals surface area contributed by atoms with Crippen molar-refractivity contribution in [1.82, 2.24) is 15.6 Å². The van der Waals surface area contributed by atoms with Crippen molar-refractivity contribution in [2.75, 3.05) is 23.8 Å². The molecule has 1 aromatic rings. The molecule has 0 saturated carbocycles. The lowest BCUT2D eigenvalue weighted by Crippen LogP contribution is -2.35. The van der Waals surface area contributed by atoms with Crippen molar-refractivity contribution in [3.63, 3.8) is 0 Å². The van der Waals surface area contributed by atoms with E-state index in [4.69, 9.17) is 0 Å². The minimum absolute atomic E-state index is 0.0609. The highest BCUT2D eigenvalue weighted by Crippen LogP contribution is 2.08. The maximum atomic E-state index is 11.5. The van der Waals surface area contributed by atoms with E-state index in [1.807, 2.05) is 10.6 Å². The summed E-state index contributed by atoms with van der Waals surface area (Å²) in [5, 5.41) is 8.40. The maximum absolute atomic E-state index is 11.5. The van der Waals surface area contributed by atoms with Crippen molar-refractivity contribution >= 4 is 35.9 Å². The predicted molar refractivity (Wildman–Crippen MR) is 82.6 cm³/mol. The second-order valence-electron chi connectivity index (χ2n) is 4.01. The Balaban J connectivity index is 2.57. The van der Waals surface area contributed by atoms with Crippen LogP contribution in [0.25, 0.3) is 0 Å². The number of amides is 6. The van der Waals surface area contributed by atoms with E-state index in [-0.39, 0.29) is 24.8 Å². The third-order valence-corrected chi connectivity index (χ3v) is 2.21. The van der Waals surface area contributed by atoms with Gasteiger partial charge in [-0.3, -0.25) is 10.6 Å². The molecule has 0 bridgehead atoms. The molecule has 0 unspecified atom stereocenters. The Kier molecular flexibility index (Phi) is 7.48. The van der Waals surface area contributed by atoms with Gasteiger partial charge in [-0.05, 0) is 26.0 Å². The fourth-order valence-corrected chi connectivity index (χ4v) is 1.39. The molecule has 0 saturated heterocycles. The average Bonchev–Trinajstić information content (AvgIpc) is 2.47. The van der Waals surface area contributed by atoms with Gasteiger partial charge >= 0.3 is 24.2 Å². The Morgan fingerprint density at radius 3 is 1.67 bits per heavy atom. The van der Waals surface area contributed by atoms with Crippen molar-refractivity contribution in [3.05, 3.63) is 18.2 Å². The van der Waals surface area contributed by atoms with E-state index in [0.717, 1.165) is 0 Å². The minimum Gasteiger partial charge on any atom is -0.450 e. The zero-order valence-electron chi connectivity index (χ0n) is 13.0. The molecule has 0 spiro atoms. The monoisotopic (exact) mass is 339 g/mol. The molecule has 11 heteroatoms. The minimum atomic E-state index is -0.905. The number of alkyl carbamates (subject to hydrolysis) is 2. The van der Waals surface area contributed by atoms with Crippen LogP contribution in [0.2, 0.25) is 0 Å². The molecule has 11 nitrogen and oxygen atoms in total. The standard InChI is InChI=1S/C13H17N5O6/c1-3-23-12(21)17-10(19)15-8-6-5-7-9(14-8)16-11(20)18-13(22)24-4-2/h5-7H,3-4H2,1-2H3,(H4,14,15,16,17,18,19,20,21,22). The molecule has 0 aliphatic heterocycles. The summed E-state index contributed by atoms with van der Waals surface area (Å²) in [5.74, 6) is 0.122. The number of imide groups is 2. The molecule has 1 rings (SSSR count).